The van der Waals surface area contributed by atoms with Crippen molar-refractivity contribution in [3.8, 4) is 5.75 Å². The van der Waals surface area contributed by atoms with Gasteiger partial charge in [0.1, 0.15) is 5.75 Å². The summed E-state index contributed by atoms with van der Waals surface area (Å²) in [7, 11) is 0. The summed E-state index contributed by atoms with van der Waals surface area (Å²) >= 11 is 7.19. The Bertz CT molecular complexity index is 373. The van der Waals surface area contributed by atoms with Gasteiger partial charge in [-0.3, -0.25) is 0 Å². The van der Waals surface area contributed by atoms with Gasteiger partial charge in [0, 0.05) is 6.54 Å². The summed E-state index contributed by atoms with van der Waals surface area (Å²) in [5, 5.41) is 3.40. The monoisotopic (exact) mass is 391 g/mol. The zero-order valence-electron chi connectivity index (χ0n) is 11.9. The summed E-state index contributed by atoms with van der Waals surface area (Å²) in [5.41, 5.74) is 1.25. The van der Waals surface area contributed by atoms with Crippen LogP contribution >= 0.6 is 31.9 Å². The predicted molar refractivity (Wildman–Crippen MR) is 88.8 cm³/mol. The van der Waals surface area contributed by atoms with Crippen molar-refractivity contribution >= 4 is 31.9 Å². The third-order valence-electron chi connectivity index (χ3n) is 3.02. The maximum Gasteiger partial charge on any atom is 0.147 e. The van der Waals surface area contributed by atoms with Gasteiger partial charge >= 0.3 is 0 Å². The van der Waals surface area contributed by atoms with Gasteiger partial charge in [0.05, 0.1) is 15.6 Å². The molecule has 0 radical (unpaired) electrons. The summed E-state index contributed by atoms with van der Waals surface area (Å²) in [6.07, 6.45) is 2.28. The Morgan fingerprint density at radius 3 is 2.37 bits per heavy atom. The van der Waals surface area contributed by atoms with Crippen molar-refractivity contribution in [1.29, 1.82) is 0 Å². The number of hydrogen-bond acceptors (Lipinski definition) is 2. The van der Waals surface area contributed by atoms with Crippen LogP contribution in [0.15, 0.2) is 21.1 Å². The highest BCUT2D eigenvalue weighted by atomic mass is 79.9. The molecular formula is C15H23Br2NO. The molecule has 0 aliphatic rings. The molecule has 0 amide bonds. The molecule has 0 aliphatic carbocycles. The molecule has 1 aromatic rings. The lowest BCUT2D eigenvalue weighted by Gasteiger charge is -2.15. The van der Waals surface area contributed by atoms with E-state index in [0.29, 0.717) is 5.92 Å². The first-order valence-electron chi connectivity index (χ1n) is 6.89. The molecule has 0 saturated heterocycles. The van der Waals surface area contributed by atoms with E-state index in [2.05, 4.69) is 70.1 Å². The third kappa shape index (κ3) is 5.84. The molecule has 1 atom stereocenters. The van der Waals surface area contributed by atoms with Crippen LogP contribution in [0, 0.1) is 5.92 Å². The molecule has 1 N–H and O–H groups in total. The Morgan fingerprint density at radius 1 is 1.21 bits per heavy atom. The van der Waals surface area contributed by atoms with E-state index < -0.39 is 0 Å². The Hall–Kier alpha value is -0.0600. The lowest BCUT2D eigenvalue weighted by molar-refractivity contribution is 0.253. The van der Waals surface area contributed by atoms with Crippen molar-refractivity contribution in [3.05, 3.63) is 26.6 Å². The molecule has 0 bridgehead atoms. The molecule has 2 nitrogen and oxygen atoms in total. The largest absolute Gasteiger partial charge is 0.491 e. The van der Waals surface area contributed by atoms with Crippen molar-refractivity contribution < 1.29 is 4.74 Å². The first-order chi connectivity index (χ1) is 9.08. The Kier molecular flexibility index (Phi) is 8.03. The third-order valence-corrected chi connectivity index (χ3v) is 4.20. The van der Waals surface area contributed by atoms with Gasteiger partial charge in [-0.1, -0.05) is 27.2 Å². The van der Waals surface area contributed by atoms with Crippen LogP contribution in [0.25, 0.3) is 0 Å². The highest BCUT2D eigenvalue weighted by molar-refractivity contribution is 9.11. The minimum absolute atomic E-state index is 0.574. The van der Waals surface area contributed by atoms with Crippen LogP contribution in [0.5, 0.6) is 5.75 Å². The summed E-state index contributed by atoms with van der Waals surface area (Å²) in [4.78, 5) is 0. The molecule has 0 aliphatic heterocycles. The van der Waals surface area contributed by atoms with Gasteiger partial charge in [0.2, 0.25) is 0 Å². The maximum atomic E-state index is 5.89. The highest BCUT2D eigenvalue weighted by Gasteiger charge is 2.10. The van der Waals surface area contributed by atoms with Crippen molar-refractivity contribution in [2.24, 2.45) is 5.92 Å². The average molecular weight is 393 g/mol. The van der Waals surface area contributed by atoms with Crippen LogP contribution in [0.1, 0.15) is 39.2 Å². The molecule has 1 unspecified atom stereocenters. The second-order valence-corrected chi connectivity index (χ2v) is 6.60. The zero-order valence-corrected chi connectivity index (χ0v) is 15.1. The lowest BCUT2D eigenvalue weighted by atomic mass is 10.1. The van der Waals surface area contributed by atoms with E-state index in [1.807, 2.05) is 0 Å². The SMILES string of the molecule is CCCNCc1cc(Br)c(OCC(C)CC)c(Br)c1. The first-order valence-corrected chi connectivity index (χ1v) is 8.48. The van der Waals surface area contributed by atoms with E-state index >= 15 is 0 Å². The van der Waals surface area contributed by atoms with Gasteiger partial charge < -0.3 is 10.1 Å². The molecule has 1 aromatic carbocycles. The average Bonchev–Trinajstić information content (AvgIpc) is 2.37. The molecule has 19 heavy (non-hydrogen) atoms. The molecule has 0 spiro atoms. The van der Waals surface area contributed by atoms with Crippen LogP contribution in [0.4, 0.5) is 0 Å². The fourth-order valence-corrected chi connectivity index (χ4v) is 3.12. The van der Waals surface area contributed by atoms with Crippen LogP contribution < -0.4 is 10.1 Å². The quantitative estimate of drug-likeness (QED) is 0.618. The summed E-state index contributed by atoms with van der Waals surface area (Å²) in [5.74, 6) is 1.48. The summed E-state index contributed by atoms with van der Waals surface area (Å²) < 4.78 is 7.91. The Morgan fingerprint density at radius 2 is 1.84 bits per heavy atom. The van der Waals surface area contributed by atoms with Crippen LogP contribution in [0.2, 0.25) is 0 Å². The number of ether oxygens (including phenoxy) is 1. The molecule has 0 heterocycles. The number of halogens is 2. The fraction of sp³-hybridized carbons (Fsp3) is 0.600. The molecule has 1 rings (SSSR count). The molecule has 0 saturated carbocycles. The van der Waals surface area contributed by atoms with Gasteiger partial charge in [-0.05, 0) is 68.4 Å². The van der Waals surface area contributed by atoms with Crippen LogP contribution in [0.3, 0.4) is 0 Å². The topological polar surface area (TPSA) is 21.3 Å². The number of benzene rings is 1. The van der Waals surface area contributed by atoms with Gasteiger partial charge in [-0.2, -0.15) is 0 Å². The molecule has 108 valence electrons. The van der Waals surface area contributed by atoms with Gasteiger partial charge in [-0.15, -0.1) is 0 Å². The number of nitrogens with one attached hydrogen (secondary N) is 1. The lowest BCUT2D eigenvalue weighted by Crippen LogP contribution is -2.14. The van der Waals surface area contributed by atoms with Crippen molar-refractivity contribution in [1.82, 2.24) is 5.32 Å². The fourth-order valence-electron chi connectivity index (χ4n) is 1.61. The Labute approximate surface area is 133 Å². The highest BCUT2D eigenvalue weighted by Crippen LogP contribution is 2.35. The second-order valence-electron chi connectivity index (χ2n) is 4.89. The van der Waals surface area contributed by atoms with E-state index in [1.54, 1.807) is 0 Å². The second kappa shape index (κ2) is 8.98. The van der Waals surface area contributed by atoms with E-state index in [0.717, 1.165) is 47.2 Å². The normalized spacial score (nSPS) is 12.5. The minimum Gasteiger partial charge on any atom is -0.491 e. The first kappa shape index (κ1) is 17.0. The van der Waals surface area contributed by atoms with E-state index in [9.17, 15) is 0 Å². The zero-order chi connectivity index (χ0) is 14.3. The van der Waals surface area contributed by atoms with Crippen LogP contribution in [-0.4, -0.2) is 13.2 Å². The van der Waals surface area contributed by atoms with Crippen molar-refractivity contribution in [2.45, 2.75) is 40.2 Å². The molecule has 0 aromatic heterocycles. The van der Waals surface area contributed by atoms with Gasteiger partial charge in [0.15, 0.2) is 0 Å². The maximum absolute atomic E-state index is 5.89. The Balaban J connectivity index is 2.68. The van der Waals surface area contributed by atoms with E-state index in [-0.39, 0.29) is 0 Å². The molecular weight excluding hydrogens is 370 g/mol. The molecule has 0 fully saturated rings. The minimum atomic E-state index is 0.574. The molecule has 4 heteroatoms. The van der Waals surface area contributed by atoms with Crippen LogP contribution in [-0.2, 0) is 6.54 Å². The van der Waals surface area contributed by atoms with Gasteiger partial charge in [0.25, 0.3) is 0 Å². The van der Waals surface area contributed by atoms with Crippen molar-refractivity contribution in [2.75, 3.05) is 13.2 Å². The van der Waals surface area contributed by atoms with E-state index in [1.165, 1.54) is 5.56 Å². The smallest absolute Gasteiger partial charge is 0.147 e. The predicted octanol–water partition coefficient (Wildman–Crippen LogP) is 5.14. The van der Waals surface area contributed by atoms with Gasteiger partial charge in [-0.25, -0.2) is 0 Å². The van der Waals surface area contributed by atoms with Crippen molar-refractivity contribution in [3.63, 3.8) is 0 Å². The standard InChI is InChI=1S/C15H23Br2NO/c1-4-6-18-9-12-7-13(16)15(14(17)8-12)19-10-11(3)5-2/h7-8,11,18H,4-6,9-10H2,1-3H3. The van der Waals surface area contributed by atoms with E-state index in [4.69, 9.17) is 4.74 Å². The summed E-state index contributed by atoms with van der Waals surface area (Å²) in [6, 6.07) is 4.25. The summed E-state index contributed by atoms with van der Waals surface area (Å²) in [6.45, 7) is 9.23. The number of rotatable bonds is 8. The number of hydrogen-bond donors (Lipinski definition) is 1.